The van der Waals surface area contributed by atoms with Crippen LogP contribution in [-0.2, 0) is 0 Å². The Balaban J connectivity index is 1.63. The van der Waals surface area contributed by atoms with E-state index in [-0.39, 0.29) is 0 Å². The van der Waals surface area contributed by atoms with Gasteiger partial charge in [-0.05, 0) is 54.2 Å². The second-order valence-electron chi connectivity index (χ2n) is 5.53. The summed E-state index contributed by atoms with van der Waals surface area (Å²) in [4.78, 5) is 0. The molecule has 0 atom stereocenters. The highest BCUT2D eigenvalue weighted by Gasteiger charge is 2.15. The third kappa shape index (κ3) is 3.13. The number of hydrogen-bond acceptors (Lipinski definition) is 2. The first-order chi connectivity index (χ1) is 9.81. The van der Waals surface area contributed by atoms with E-state index in [2.05, 4.69) is 12.1 Å². The number of aromatic hydroxyl groups is 1. The van der Waals surface area contributed by atoms with Gasteiger partial charge in [0.05, 0.1) is 6.61 Å². The lowest BCUT2D eigenvalue weighted by molar-refractivity contribution is 0.252. The first-order valence-corrected chi connectivity index (χ1v) is 7.33. The van der Waals surface area contributed by atoms with Gasteiger partial charge in [0.2, 0.25) is 0 Å². The molecular formula is C18H20O2. The highest BCUT2D eigenvalue weighted by molar-refractivity contribution is 5.64. The fourth-order valence-electron chi connectivity index (χ4n) is 2.79. The molecule has 0 saturated heterocycles. The number of hydrogen-bond donors (Lipinski definition) is 1. The standard InChI is InChI=1S/C18H20O2/c19-17-9-5-15(6-10-17)16-7-11-18(12-8-16)20-13-14-3-1-2-4-14/h5-12,14,19H,1-4,13H2. The average Bonchev–Trinajstić information content (AvgIpc) is 3.00. The molecule has 3 rings (SSSR count). The predicted octanol–water partition coefficient (Wildman–Crippen LogP) is 4.63. The Labute approximate surface area is 120 Å². The summed E-state index contributed by atoms with van der Waals surface area (Å²) in [6.45, 7) is 0.846. The van der Waals surface area contributed by atoms with E-state index in [1.54, 1.807) is 12.1 Å². The molecule has 0 bridgehead atoms. The van der Waals surface area contributed by atoms with Gasteiger partial charge < -0.3 is 9.84 Å². The lowest BCUT2D eigenvalue weighted by atomic mass is 10.1. The normalized spacial score (nSPS) is 15.4. The van der Waals surface area contributed by atoms with Gasteiger partial charge in [0, 0.05) is 0 Å². The average molecular weight is 268 g/mol. The largest absolute Gasteiger partial charge is 0.508 e. The minimum absolute atomic E-state index is 0.297. The highest BCUT2D eigenvalue weighted by atomic mass is 16.5. The Morgan fingerprint density at radius 2 is 1.40 bits per heavy atom. The molecule has 2 heteroatoms. The lowest BCUT2D eigenvalue weighted by Gasteiger charge is -2.11. The fourth-order valence-corrected chi connectivity index (χ4v) is 2.79. The third-order valence-corrected chi connectivity index (χ3v) is 4.02. The van der Waals surface area contributed by atoms with Gasteiger partial charge in [-0.2, -0.15) is 0 Å². The van der Waals surface area contributed by atoms with Crippen LogP contribution >= 0.6 is 0 Å². The molecule has 20 heavy (non-hydrogen) atoms. The summed E-state index contributed by atoms with van der Waals surface area (Å²) in [7, 11) is 0. The van der Waals surface area contributed by atoms with Crippen molar-refractivity contribution in [3.05, 3.63) is 48.5 Å². The molecule has 0 aromatic heterocycles. The van der Waals surface area contributed by atoms with Crippen LogP contribution in [0.1, 0.15) is 25.7 Å². The molecule has 0 radical (unpaired) electrons. The Bertz CT molecular complexity index is 537. The van der Waals surface area contributed by atoms with Crippen molar-refractivity contribution in [2.24, 2.45) is 5.92 Å². The quantitative estimate of drug-likeness (QED) is 0.876. The number of benzene rings is 2. The smallest absolute Gasteiger partial charge is 0.119 e. The first-order valence-electron chi connectivity index (χ1n) is 7.33. The van der Waals surface area contributed by atoms with Crippen LogP contribution in [0.5, 0.6) is 11.5 Å². The summed E-state index contributed by atoms with van der Waals surface area (Å²) in [5, 5.41) is 9.30. The molecule has 0 heterocycles. The Morgan fingerprint density at radius 3 is 2.00 bits per heavy atom. The Kier molecular flexibility index (Phi) is 3.91. The van der Waals surface area contributed by atoms with Gasteiger partial charge in [-0.1, -0.05) is 37.1 Å². The zero-order valence-corrected chi connectivity index (χ0v) is 11.6. The summed E-state index contributed by atoms with van der Waals surface area (Å²) in [5.41, 5.74) is 2.24. The van der Waals surface area contributed by atoms with Crippen LogP contribution in [0, 0.1) is 5.92 Å². The number of phenolic OH excluding ortho intramolecular Hbond substituents is 1. The van der Waals surface area contributed by atoms with Gasteiger partial charge in [0.25, 0.3) is 0 Å². The molecule has 104 valence electrons. The second kappa shape index (κ2) is 6.00. The van der Waals surface area contributed by atoms with Gasteiger partial charge in [-0.3, -0.25) is 0 Å². The SMILES string of the molecule is Oc1ccc(-c2ccc(OCC3CCCC3)cc2)cc1. The summed E-state index contributed by atoms with van der Waals surface area (Å²) < 4.78 is 5.86. The molecule has 1 N–H and O–H groups in total. The molecule has 1 aliphatic rings. The van der Waals surface area contributed by atoms with Crippen LogP contribution < -0.4 is 4.74 Å². The molecule has 0 amide bonds. The van der Waals surface area contributed by atoms with Crippen molar-refractivity contribution in [2.75, 3.05) is 6.61 Å². The molecule has 0 aliphatic heterocycles. The van der Waals surface area contributed by atoms with Gasteiger partial charge in [0.15, 0.2) is 0 Å². The molecule has 0 spiro atoms. The van der Waals surface area contributed by atoms with E-state index >= 15 is 0 Å². The minimum atomic E-state index is 0.297. The van der Waals surface area contributed by atoms with Crippen LogP contribution in [0.3, 0.4) is 0 Å². The maximum Gasteiger partial charge on any atom is 0.119 e. The van der Waals surface area contributed by atoms with E-state index in [4.69, 9.17) is 4.74 Å². The predicted molar refractivity (Wildman–Crippen MR) is 81.0 cm³/mol. The topological polar surface area (TPSA) is 29.5 Å². The van der Waals surface area contributed by atoms with Crippen LogP contribution in [-0.4, -0.2) is 11.7 Å². The highest BCUT2D eigenvalue weighted by Crippen LogP contribution is 2.27. The summed E-state index contributed by atoms with van der Waals surface area (Å²) >= 11 is 0. The van der Waals surface area contributed by atoms with Gasteiger partial charge in [-0.15, -0.1) is 0 Å². The molecule has 2 nitrogen and oxygen atoms in total. The third-order valence-electron chi connectivity index (χ3n) is 4.02. The molecule has 1 fully saturated rings. The lowest BCUT2D eigenvalue weighted by Crippen LogP contribution is -2.07. The molecule has 0 unspecified atom stereocenters. The zero-order chi connectivity index (χ0) is 13.8. The van der Waals surface area contributed by atoms with Gasteiger partial charge in [-0.25, -0.2) is 0 Å². The molecule has 1 saturated carbocycles. The summed E-state index contributed by atoms with van der Waals surface area (Å²) in [6, 6.07) is 15.4. The van der Waals surface area contributed by atoms with Crippen LogP contribution in [0.15, 0.2) is 48.5 Å². The van der Waals surface area contributed by atoms with Crippen LogP contribution in [0.25, 0.3) is 11.1 Å². The van der Waals surface area contributed by atoms with E-state index in [1.807, 2.05) is 24.3 Å². The summed E-state index contributed by atoms with van der Waals surface area (Å²) in [5.74, 6) is 1.98. The number of rotatable bonds is 4. The molecule has 2 aromatic carbocycles. The maximum absolute atomic E-state index is 9.30. The van der Waals surface area contributed by atoms with Crippen LogP contribution in [0.4, 0.5) is 0 Å². The van der Waals surface area contributed by atoms with E-state index in [0.29, 0.717) is 5.75 Å². The first kappa shape index (κ1) is 13.0. The van der Waals surface area contributed by atoms with Crippen molar-refractivity contribution in [3.8, 4) is 22.6 Å². The van der Waals surface area contributed by atoms with Crippen molar-refractivity contribution in [2.45, 2.75) is 25.7 Å². The van der Waals surface area contributed by atoms with Crippen molar-refractivity contribution in [3.63, 3.8) is 0 Å². The minimum Gasteiger partial charge on any atom is -0.508 e. The van der Waals surface area contributed by atoms with E-state index in [0.717, 1.165) is 29.4 Å². The Morgan fingerprint density at radius 1 is 0.850 bits per heavy atom. The number of ether oxygens (including phenoxy) is 1. The zero-order valence-electron chi connectivity index (χ0n) is 11.6. The molecule has 1 aliphatic carbocycles. The second-order valence-corrected chi connectivity index (χ2v) is 5.53. The van der Waals surface area contributed by atoms with Crippen LogP contribution in [0.2, 0.25) is 0 Å². The van der Waals surface area contributed by atoms with Crippen molar-refractivity contribution >= 4 is 0 Å². The fraction of sp³-hybridized carbons (Fsp3) is 0.333. The molecule has 2 aromatic rings. The van der Waals surface area contributed by atoms with Crippen molar-refractivity contribution < 1.29 is 9.84 Å². The van der Waals surface area contributed by atoms with Gasteiger partial charge in [0.1, 0.15) is 11.5 Å². The number of phenols is 1. The summed E-state index contributed by atoms with van der Waals surface area (Å²) in [6.07, 6.45) is 5.33. The van der Waals surface area contributed by atoms with Gasteiger partial charge >= 0.3 is 0 Å². The maximum atomic E-state index is 9.30. The monoisotopic (exact) mass is 268 g/mol. The van der Waals surface area contributed by atoms with E-state index in [9.17, 15) is 5.11 Å². The Hall–Kier alpha value is -1.96. The van der Waals surface area contributed by atoms with Crippen molar-refractivity contribution in [1.82, 2.24) is 0 Å². The van der Waals surface area contributed by atoms with E-state index in [1.165, 1.54) is 25.7 Å². The van der Waals surface area contributed by atoms with Crippen molar-refractivity contribution in [1.29, 1.82) is 0 Å². The van der Waals surface area contributed by atoms with E-state index < -0.39 is 0 Å². The molecular weight excluding hydrogens is 248 g/mol.